The molecule has 0 radical (unpaired) electrons. The lowest BCUT2D eigenvalue weighted by Gasteiger charge is -2.13. The van der Waals surface area contributed by atoms with E-state index in [1.54, 1.807) is 21.3 Å². The standard InChI is InChI=1S/C14H21NO3/c1-5-10(9-15)6-11-7-12(16-2)14(18-4)13(8-11)17-3/h6-8H,5,9,15H2,1-4H3. The van der Waals surface area contributed by atoms with Gasteiger partial charge in [-0.25, -0.2) is 0 Å². The van der Waals surface area contributed by atoms with Crippen molar-refractivity contribution in [3.63, 3.8) is 0 Å². The highest BCUT2D eigenvalue weighted by atomic mass is 16.5. The van der Waals surface area contributed by atoms with Gasteiger partial charge in [0.15, 0.2) is 11.5 Å². The Morgan fingerprint density at radius 3 is 2.00 bits per heavy atom. The summed E-state index contributed by atoms with van der Waals surface area (Å²) in [6.45, 7) is 2.63. The number of hydrogen-bond acceptors (Lipinski definition) is 4. The van der Waals surface area contributed by atoms with E-state index in [1.807, 2.05) is 18.2 Å². The third-order valence-corrected chi connectivity index (χ3v) is 2.77. The van der Waals surface area contributed by atoms with Crippen LogP contribution in [0, 0.1) is 0 Å². The molecule has 0 aliphatic rings. The maximum absolute atomic E-state index is 5.67. The van der Waals surface area contributed by atoms with Crippen LogP contribution in [0.5, 0.6) is 17.2 Å². The van der Waals surface area contributed by atoms with E-state index < -0.39 is 0 Å². The lowest BCUT2D eigenvalue weighted by Crippen LogP contribution is -2.02. The van der Waals surface area contributed by atoms with Gasteiger partial charge in [-0.3, -0.25) is 0 Å². The first-order valence-electron chi connectivity index (χ1n) is 5.89. The average Bonchev–Trinajstić information content (AvgIpc) is 2.43. The summed E-state index contributed by atoms with van der Waals surface area (Å²) < 4.78 is 15.9. The molecule has 1 aromatic rings. The molecule has 0 bridgehead atoms. The maximum atomic E-state index is 5.67. The fraction of sp³-hybridized carbons (Fsp3) is 0.429. The molecule has 0 saturated carbocycles. The van der Waals surface area contributed by atoms with Crippen molar-refractivity contribution in [2.45, 2.75) is 13.3 Å². The van der Waals surface area contributed by atoms with Gasteiger partial charge in [0.25, 0.3) is 0 Å². The average molecular weight is 251 g/mol. The summed E-state index contributed by atoms with van der Waals surface area (Å²) in [5, 5.41) is 0. The smallest absolute Gasteiger partial charge is 0.203 e. The molecule has 0 aromatic heterocycles. The Morgan fingerprint density at radius 2 is 1.67 bits per heavy atom. The zero-order valence-electron chi connectivity index (χ0n) is 11.4. The summed E-state index contributed by atoms with van der Waals surface area (Å²) in [5.74, 6) is 1.90. The van der Waals surface area contributed by atoms with E-state index in [4.69, 9.17) is 19.9 Å². The van der Waals surface area contributed by atoms with Crippen LogP contribution in [0.15, 0.2) is 17.7 Å². The summed E-state index contributed by atoms with van der Waals surface area (Å²) in [6.07, 6.45) is 2.97. The van der Waals surface area contributed by atoms with Gasteiger partial charge in [0.2, 0.25) is 5.75 Å². The van der Waals surface area contributed by atoms with Crippen molar-refractivity contribution >= 4 is 6.08 Å². The second-order valence-electron chi connectivity index (χ2n) is 3.82. The number of benzene rings is 1. The SMILES string of the molecule is CCC(=Cc1cc(OC)c(OC)c(OC)c1)CN. The summed E-state index contributed by atoms with van der Waals surface area (Å²) in [6, 6.07) is 3.82. The topological polar surface area (TPSA) is 53.7 Å². The molecule has 0 atom stereocenters. The zero-order chi connectivity index (χ0) is 13.5. The van der Waals surface area contributed by atoms with E-state index in [1.165, 1.54) is 5.57 Å². The Hall–Kier alpha value is -1.68. The first-order valence-corrected chi connectivity index (χ1v) is 5.89. The normalized spacial score (nSPS) is 11.3. The second-order valence-corrected chi connectivity index (χ2v) is 3.82. The first-order chi connectivity index (χ1) is 8.69. The molecule has 4 heteroatoms. The molecule has 1 aromatic carbocycles. The molecule has 0 aliphatic carbocycles. The number of ether oxygens (including phenoxy) is 3. The van der Waals surface area contributed by atoms with Crippen LogP contribution in [0.3, 0.4) is 0 Å². The van der Waals surface area contributed by atoms with Crippen molar-refractivity contribution in [2.75, 3.05) is 27.9 Å². The Kier molecular flexibility index (Phi) is 5.52. The van der Waals surface area contributed by atoms with Gasteiger partial charge in [-0.05, 0) is 24.1 Å². The van der Waals surface area contributed by atoms with E-state index in [2.05, 4.69) is 6.92 Å². The fourth-order valence-electron chi connectivity index (χ4n) is 1.73. The van der Waals surface area contributed by atoms with Gasteiger partial charge in [0, 0.05) is 6.54 Å². The Morgan fingerprint density at radius 1 is 1.11 bits per heavy atom. The quantitative estimate of drug-likeness (QED) is 0.843. The van der Waals surface area contributed by atoms with E-state index in [-0.39, 0.29) is 0 Å². The lowest BCUT2D eigenvalue weighted by atomic mass is 10.1. The Balaban J connectivity index is 3.27. The van der Waals surface area contributed by atoms with Crippen LogP contribution in [0.2, 0.25) is 0 Å². The zero-order valence-corrected chi connectivity index (χ0v) is 11.4. The van der Waals surface area contributed by atoms with E-state index in [0.717, 1.165) is 12.0 Å². The second kappa shape index (κ2) is 6.91. The maximum Gasteiger partial charge on any atom is 0.203 e. The predicted molar refractivity (Wildman–Crippen MR) is 73.4 cm³/mol. The molecule has 0 saturated heterocycles. The predicted octanol–water partition coefficient (Wildman–Crippen LogP) is 2.46. The fourth-order valence-corrected chi connectivity index (χ4v) is 1.73. The number of methoxy groups -OCH3 is 3. The first kappa shape index (κ1) is 14.4. The largest absolute Gasteiger partial charge is 0.493 e. The molecule has 0 heterocycles. The number of hydrogen-bond donors (Lipinski definition) is 1. The van der Waals surface area contributed by atoms with Gasteiger partial charge >= 0.3 is 0 Å². The van der Waals surface area contributed by atoms with Crippen molar-refractivity contribution < 1.29 is 14.2 Å². The van der Waals surface area contributed by atoms with E-state index >= 15 is 0 Å². The highest BCUT2D eigenvalue weighted by Gasteiger charge is 2.12. The van der Waals surface area contributed by atoms with E-state index in [9.17, 15) is 0 Å². The third kappa shape index (κ3) is 3.17. The van der Waals surface area contributed by atoms with Crippen molar-refractivity contribution in [3.05, 3.63) is 23.3 Å². The van der Waals surface area contributed by atoms with Gasteiger partial charge in [-0.15, -0.1) is 0 Å². The number of rotatable bonds is 6. The molecule has 0 fully saturated rings. The molecular weight excluding hydrogens is 230 g/mol. The van der Waals surface area contributed by atoms with Crippen LogP contribution < -0.4 is 19.9 Å². The minimum atomic E-state index is 0.549. The Bertz CT molecular complexity index is 396. The summed E-state index contributed by atoms with van der Waals surface area (Å²) >= 11 is 0. The monoisotopic (exact) mass is 251 g/mol. The minimum absolute atomic E-state index is 0.549. The molecule has 0 aliphatic heterocycles. The van der Waals surface area contributed by atoms with Crippen LogP contribution in [0.25, 0.3) is 6.08 Å². The Labute approximate surface area is 108 Å². The molecule has 2 N–H and O–H groups in total. The van der Waals surface area contributed by atoms with Crippen LogP contribution in [0.1, 0.15) is 18.9 Å². The summed E-state index contributed by atoms with van der Waals surface area (Å²) in [5.41, 5.74) is 7.84. The molecule has 100 valence electrons. The van der Waals surface area contributed by atoms with Gasteiger partial charge in [0.05, 0.1) is 21.3 Å². The third-order valence-electron chi connectivity index (χ3n) is 2.77. The van der Waals surface area contributed by atoms with Crippen molar-refractivity contribution in [1.82, 2.24) is 0 Å². The highest BCUT2D eigenvalue weighted by molar-refractivity contribution is 5.63. The molecule has 0 spiro atoms. The van der Waals surface area contributed by atoms with Crippen LogP contribution in [-0.2, 0) is 0 Å². The van der Waals surface area contributed by atoms with Crippen LogP contribution in [0.4, 0.5) is 0 Å². The van der Waals surface area contributed by atoms with Gasteiger partial charge in [-0.1, -0.05) is 18.6 Å². The van der Waals surface area contributed by atoms with Crippen LogP contribution in [-0.4, -0.2) is 27.9 Å². The van der Waals surface area contributed by atoms with Crippen LogP contribution >= 0.6 is 0 Å². The van der Waals surface area contributed by atoms with E-state index in [0.29, 0.717) is 23.8 Å². The molecule has 4 nitrogen and oxygen atoms in total. The van der Waals surface area contributed by atoms with Crippen molar-refractivity contribution in [1.29, 1.82) is 0 Å². The highest BCUT2D eigenvalue weighted by Crippen LogP contribution is 2.38. The number of nitrogens with two attached hydrogens (primary N) is 1. The van der Waals surface area contributed by atoms with Crippen molar-refractivity contribution in [3.8, 4) is 17.2 Å². The summed E-state index contributed by atoms with van der Waals surface area (Å²) in [7, 11) is 4.80. The van der Waals surface area contributed by atoms with Gasteiger partial charge < -0.3 is 19.9 Å². The molecule has 0 unspecified atom stereocenters. The lowest BCUT2D eigenvalue weighted by molar-refractivity contribution is 0.324. The van der Waals surface area contributed by atoms with Gasteiger partial charge in [0.1, 0.15) is 0 Å². The molecule has 18 heavy (non-hydrogen) atoms. The molecule has 1 rings (SSSR count). The van der Waals surface area contributed by atoms with Crippen molar-refractivity contribution in [2.24, 2.45) is 5.73 Å². The molecule has 0 amide bonds. The molecular formula is C14H21NO3. The summed E-state index contributed by atoms with van der Waals surface area (Å²) in [4.78, 5) is 0. The minimum Gasteiger partial charge on any atom is -0.493 e. The van der Waals surface area contributed by atoms with Gasteiger partial charge in [-0.2, -0.15) is 0 Å².